The van der Waals surface area contributed by atoms with Gasteiger partial charge in [-0.15, -0.1) is 11.3 Å². The van der Waals surface area contributed by atoms with Gasteiger partial charge in [0.1, 0.15) is 0 Å². The molecule has 6 nitrogen and oxygen atoms in total. The van der Waals surface area contributed by atoms with Gasteiger partial charge in [0.15, 0.2) is 11.5 Å². The highest BCUT2D eigenvalue weighted by molar-refractivity contribution is 7.10. The zero-order valence-electron chi connectivity index (χ0n) is 13.9. The summed E-state index contributed by atoms with van der Waals surface area (Å²) < 4.78 is 10.6. The Morgan fingerprint density at radius 2 is 2.12 bits per heavy atom. The van der Waals surface area contributed by atoms with Crippen LogP contribution in [-0.4, -0.2) is 37.4 Å². The van der Waals surface area contributed by atoms with Crippen molar-refractivity contribution in [3.8, 4) is 11.5 Å². The van der Waals surface area contributed by atoms with Crippen LogP contribution in [0, 0.1) is 0 Å². The second-order valence-electron chi connectivity index (χ2n) is 6.19. The average Bonchev–Trinajstić information content (AvgIpc) is 3.28. The molecule has 7 heteroatoms. The Morgan fingerprint density at radius 1 is 1.20 bits per heavy atom. The number of nitrogens with zero attached hydrogens (tertiary/aromatic N) is 1. The van der Waals surface area contributed by atoms with Gasteiger partial charge in [-0.2, -0.15) is 0 Å². The third-order valence-corrected chi connectivity index (χ3v) is 5.51. The van der Waals surface area contributed by atoms with Crippen molar-refractivity contribution in [1.82, 2.24) is 15.5 Å². The van der Waals surface area contributed by atoms with E-state index in [0.29, 0.717) is 13.1 Å². The van der Waals surface area contributed by atoms with Crippen molar-refractivity contribution in [3.63, 3.8) is 0 Å². The maximum Gasteiger partial charge on any atom is 0.315 e. The van der Waals surface area contributed by atoms with E-state index >= 15 is 0 Å². The molecule has 1 aromatic carbocycles. The number of hydrogen-bond donors (Lipinski definition) is 2. The van der Waals surface area contributed by atoms with E-state index in [1.807, 2.05) is 29.5 Å². The molecule has 132 valence electrons. The number of urea groups is 1. The van der Waals surface area contributed by atoms with Crippen LogP contribution in [0.25, 0.3) is 0 Å². The fraction of sp³-hybridized carbons (Fsp3) is 0.389. The van der Waals surface area contributed by atoms with Crippen LogP contribution >= 0.6 is 11.3 Å². The van der Waals surface area contributed by atoms with E-state index in [1.165, 1.54) is 10.4 Å². The number of thiophene rings is 1. The van der Waals surface area contributed by atoms with Gasteiger partial charge >= 0.3 is 6.03 Å². The first-order valence-corrected chi connectivity index (χ1v) is 9.34. The summed E-state index contributed by atoms with van der Waals surface area (Å²) in [5.41, 5.74) is 2.42. The Morgan fingerprint density at radius 3 is 3.08 bits per heavy atom. The molecule has 3 heterocycles. The molecule has 2 aliphatic rings. The number of carbonyl (C=O) groups excluding carboxylic acids is 1. The fourth-order valence-electron chi connectivity index (χ4n) is 3.12. The average molecular weight is 359 g/mol. The van der Waals surface area contributed by atoms with Crippen LogP contribution < -0.4 is 20.1 Å². The Balaban J connectivity index is 1.17. The minimum absolute atomic E-state index is 0.147. The molecule has 1 aromatic heterocycles. The van der Waals surface area contributed by atoms with Crippen molar-refractivity contribution in [2.75, 3.05) is 26.4 Å². The van der Waals surface area contributed by atoms with Gasteiger partial charge in [0.2, 0.25) is 6.79 Å². The summed E-state index contributed by atoms with van der Waals surface area (Å²) in [5, 5.41) is 7.96. The predicted molar refractivity (Wildman–Crippen MR) is 96.1 cm³/mol. The standard InChI is InChI=1S/C18H21N3O3S/c22-18(20-10-13-1-2-15-16(9-13)24-12-23-15)19-5-7-21-6-3-17-14(11-21)4-8-25-17/h1-2,4,8-9H,3,5-7,10-12H2,(H2,19,20,22). The largest absolute Gasteiger partial charge is 0.454 e. The Kier molecular flexibility index (Phi) is 4.76. The minimum Gasteiger partial charge on any atom is -0.454 e. The molecule has 0 fully saturated rings. The number of rotatable bonds is 5. The lowest BCUT2D eigenvalue weighted by Crippen LogP contribution is -2.41. The van der Waals surface area contributed by atoms with E-state index in [1.54, 1.807) is 0 Å². The lowest BCUT2D eigenvalue weighted by molar-refractivity contribution is 0.174. The van der Waals surface area contributed by atoms with Crippen molar-refractivity contribution in [3.05, 3.63) is 45.6 Å². The van der Waals surface area contributed by atoms with Gasteiger partial charge in [0.25, 0.3) is 0 Å². The van der Waals surface area contributed by atoms with Gasteiger partial charge in [0, 0.05) is 37.6 Å². The van der Waals surface area contributed by atoms with Crippen LogP contribution in [0.3, 0.4) is 0 Å². The van der Waals surface area contributed by atoms with Gasteiger partial charge in [-0.05, 0) is 41.1 Å². The summed E-state index contributed by atoms with van der Waals surface area (Å²) in [7, 11) is 0. The molecule has 4 rings (SSSR count). The summed E-state index contributed by atoms with van der Waals surface area (Å²) in [6, 6.07) is 7.75. The van der Waals surface area contributed by atoms with Crippen molar-refractivity contribution in [1.29, 1.82) is 0 Å². The zero-order valence-corrected chi connectivity index (χ0v) is 14.7. The van der Waals surface area contributed by atoms with Gasteiger partial charge in [-0.3, -0.25) is 4.90 Å². The van der Waals surface area contributed by atoms with Crippen molar-refractivity contribution >= 4 is 17.4 Å². The summed E-state index contributed by atoms with van der Waals surface area (Å²) >= 11 is 1.84. The van der Waals surface area contributed by atoms with Crippen LogP contribution in [-0.2, 0) is 19.5 Å². The molecule has 0 unspecified atom stereocenters. The van der Waals surface area contributed by atoms with Crippen LogP contribution in [0.2, 0.25) is 0 Å². The highest BCUT2D eigenvalue weighted by atomic mass is 32.1. The molecular formula is C18H21N3O3S. The van der Waals surface area contributed by atoms with E-state index < -0.39 is 0 Å². The Hall–Kier alpha value is -2.25. The molecule has 0 atom stereocenters. The molecule has 2 aromatic rings. The third kappa shape index (κ3) is 3.88. The highest BCUT2D eigenvalue weighted by Crippen LogP contribution is 2.32. The normalized spacial score (nSPS) is 15.7. The predicted octanol–water partition coefficient (Wildman–Crippen LogP) is 2.33. The molecule has 0 saturated carbocycles. The number of nitrogens with one attached hydrogen (secondary N) is 2. The van der Waals surface area contributed by atoms with Gasteiger partial charge < -0.3 is 20.1 Å². The van der Waals surface area contributed by atoms with E-state index in [9.17, 15) is 4.79 Å². The topological polar surface area (TPSA) is 62.8 Å². The van der Waals surface area contributed by atoms with Crippen LogP contribution in [0.1, 0.15) is 16.0 Å². The molecule has 25 heavy (non-hydrogen) atoms. The first-order valence-electron chi connectivity index (χ1n) is 8.46. The maximum absolute atomic E-state index is 12.0. The van der Waals surface area contributed by atoms with Crippen LogP contribution in [0.4, 0.5) is 4.79 Å². The van der Waals surface area contributed by atoms with Crippen LogP contribution in [0.15, 0.2) is 29.6 Å². The first kappa shape index (κ1) is 16.2. The van der Waals surface area contributed by atoms with E-state index in [0.717, 1.165) is 43.1 Å². The van der Waals surface area contributed by atoms with E-state index in [-0.39, 0.29) is 12.8 Å². The molecule has 2 N–H and O–H groups in total. The van der Waals surface area contributed by atoms with Gasteiger partial charge in [-0.25, -0.2) is 4.79 Å². The molecular weight excluding hydrogens is 338 g/mol. The summed E-state index contributed by atoms with van der Waals surface area (Å²) in [6.45, 7) is 4.28. The number of hydrogen-bond acceptors (Lipinski definition) is 5. The summed E-state index contributed by atoms with van der Waals surface area (Å²) in [6.07, 6.45) is 1.11. The lowest BCUT2D eigenvalue weighted by atomic mass is 10.1. The van der Waals surface area contributed by atoms with E-state index in [4.69, 9.17) is 9.47 Å². The van der Waals surface area contributed by atoms with Gasteiger partial charge in [-0.1, -0.05) is 6.07 Å². The first-order chi connectivity index (χ1) is 12.3. The SMILES string of the molecule is O=C(NCCN1CCc2sccc2C1)NCc1ccc2c(c1)OCO2. The summed E-state index contributed by atoms with van der Waals surface area (Å²) in [5.74, 6) is 1.49. The molecule has 2 amide bonds. The molecule has 2 aliphatic heterocycles. The maximum atomic E-state index is 12.0. The molecule has 0 bridgehead atoms. The second-order valence-corrected chi connectivity index (χ2v) is 7.19. The Labute approximate surface area is 150 Å². The van der Waals surface area contributed by atoms with Crippen molar-refractivity contribution < 1.29 is 14.3 Å². The molecule has 0 radical (unpaired) electrons. The minimum atomic E-state index is -0.147. The second kappa shape index (κ2) is 7.33. The van der Waals surface area contributed by atoms with Gasteiger partial charge in [0.05, 0.1) is 0 Å². The van der Waals surface area contributed by atoms with E-state index in [2.05, 4.69) is 27.0 Å². The zero-order chi connectivity index (χ0) is 17.1. The Bertz CT molecular complexity index is 762. The smallest absolute Gasteiger partial charge is 0.315 e. The number of ether oxygens (including phenoxy) is 2. The quantitative estimate of drug-likeness (QED) is 0.860. The molecule has 0 aliphatic carbocycles. The number of benzene rings is 1. The molecule has 0 spiro atoms. The monoisotopic (exact) mass is 359 g/mol. The highest BCUT2D eigenvalue weighted by Gasteiger charge is 2.17. The number of fused-ring (bicyclic) bond motifs is 2. The van der Waals surface area contributed by atoms with Crippen LogP contribution in [0.5, 0.6) is 11.5 Å². The summed E-state index contributed by atoms with van der Waals surface area (Å²) in [4.78, 5) is 15.8. The number of carbonyl (C=O) groups is 1. The third-order valence-electron chi connectivity index (χ3n) is 4.49. The molecule has 0 saturated heterocycles. The lowest BCUT2D eigenvalue weighted by Gasteiger charge is -2.26. The van der Waals surface area contributed by atoms with Crippen molar-refractivity contribution in [2.45, 2.75) is 19.5 Å². The fourth-order valence-corrected chi connectivity index (χ4v) is 4.01. The number of amides is 2. The van der Waals surface area contributed by atoms with Crippen molar-refractivity contribution in [2.24, 2.45) is 0 Å².